The number of rotatable bonds is 5. The molecule has 1 N–H and O–H groups in total. The van der Waals surface area contributed by atoms with Gasteiger partial charge >= 0.3 is 0 Å². The Kier molecular flexibility index (Phi) is 3.90. The lowest BCUT2D eigenvalue weighted by Gasteiger charge is -2.04. The minimum atomic E-state index is -0.614. The molecule has 2 heterocycles. The van der Waals surface area contributed by atoms with Crippen molar-refractivity contribution in [2.24, 2.45) is 5.92 Å². The maximum absolute atomic E-state index is 14.3. The van der Waals surface area contributed by atoms with Crippen LogP contribution in [-0.2, 0) is 6.54 Å². The highest BCUT2D eigenvalue weighted by Gasteiger charge is 2.29. The van der Waals surface area contributed by atoms with E-state index in [-0.39, 0.29) is 5.56 Å². The molecule has 3 aromatic rings. The van der Waals surface area contributed by atoms with Crippen molar-refractivity contribution in [2.75, 3.05) is 0 Å². The summed E-state index contributed by atoms with van der Waals surface area (Å²) in [6.45, 7) is 5.14. The first-order chi connectivity index (χ1) is 12.0. The second-order valence-corrected chi connectivity index (χ2v) is 7.09. The van der Waals surface area contributed by atoms with Crippen molar-refractivity contribution >= 4 is 0 Å². The molecule has 130 valence electrons. The van der Waals surface area contributed by atoms with Gasteiger partial charge in [-0.15, -0.1) is 0 Å². The summed E-state index contributed by atoms with van der Waals surface area (Å²) in [6, 6.07) is 3.58. The van der Waals surface area contributed by atoms with Crippen LogP contribution in [0.4, 0.5) is 8.78 Å². The van der Waals surface area contributed by atoms with Gasteiger partial charge in [0.25, 0.3) is 0 Å². The van der Waals surface area contributed by atoms with E-state index in [9.17, 15) is 8.78 Å². The van der Waals surface area contributed by atoms with E-state index in [0.29, 0.717) is 23.2 Å². The van der Waals surface area contributed by atoms with E-state index < -0.39 is 11.6 Å². The van der Waals surface area contributed by atoms with Gasteiger partial charge in [-0.05, 0) is 30.9 Å². The average molecular weight is 342 g/mol. The molecule has 1 fully saturated rings. The first-order valence-electron chi connectivity index (χ1n) is 8.58. The maximum Gasteiger partial charge on any atom is 0.135 e. The van der Waals surface area contributed by atoms with E-state index in [1.54, 1.807) is 6.33 Å². The average Bonchev–Trinajstić information content (AvgIpc) is 3.14. The number of aromatic nitrogens is 4. The van der Waals surface area contributed by atoms with Gasteiger partial charge in [-0.3, -0.25) is 0 Å². The Hall–Kier alpha value is -2.50. The highest BCUT2D eigenvalue weighted by atomic mass is 19.1. The van der Waals surface area contributed by atoms with Gasteiger partial charge in [0.05, 0.1) is 12.0 Å². The van der Waals surface area contributed by atoms with Gasteiger partial charge in [-0.2, -0.15) is 0 Å². The fourth-order valence-electron chi connectivity index (χ4n) is 3.01. The molecule has 4 nitrogen and oxygen atoms in total. The Labute approximate surface area is 144 Å². The van der Waals surface area contributed by atoms with Crippen LogP contribution in [-0.4, -0.2) is 19.5 Å². The number of benzene rings is 1. The molecule has 0 radical (unpaired) electrons. The van der Waals surface area contributed by atoms with E-state index in [1.165, 1.54) is 12.1 Å². The van der Waals surface area contributed by atoms with Crippen molar-refractivity contribution in [3.63, 3.8) is 0 Å². The van der Waals surface area contributed by atoms with Gasteiger partial charge in [0, 0.05) is 30.3 Å². The second kappa shape index (κ2) is 6.10. The fraction of sp³-hybridized carbons (Fsp3) is 0.368. The largest absolute Gasteiger partial charge is 0.340 e. The minimum absolute atomic E-state index is 0.290. The van der Waals surface area contributed by atoms with E-state index in [2.05, 4.69) is 28.8 Å². The minimum Gasteiger partial charge on any atom is -0.340 e. The molecule has 4 rings (SSSR count). The van der Waals surface area contributed by atoms with Crippen LogP contribution in [0.15, 0.2) is 30.7 Å². The summed E-state index contributed by atoms with van der Waals surface area (Å²) in [5.41, 5.74) is 2.20. The molecule has 0 amide bonds. The molecule has 0 atom stereocenters. The van der Waals surface area contributed by atoms with Crippen molar-refractivity contribution in [3.05, 3.63) is 48.2 Å². The topological polar surface area (TPSA) is 46.5 Å². The molecular weight excluding hydrogens is 322 g/mol. The number of H-pyrrole nitrogens is 1. The monoisotopic (exact) mass is 342 g/mol. The zero-order valence-corrected chi connectivity index (χ0v) is 14.3. The Balaban J connectivity index is 1.79. The summed E-state index contributed by atoms with van der Waals surface area (Å²) in [4.78, 5) is 12.4. The number of imidazole rings is 2. The quantitative estimate of drug-likeness (QED) is 0.727. The van der Waals surface area contributed by atoms with Crippen molar-refractivity contribution in [2.45, 2.75) is 39.2 Å². The highest BCUT2D eigenvalue weighted by molar-refractivity contribution is 5.77. The standard InChI is InChI=1S/C19H20F2N4/c1-11(2)8-25-9-16(22-10-25)18-17(23-19(24-18)12-3-4-12)14-6-5-13(20)7-15(14)21/h5-7,9-12H,3-4,8H2,1-2H3,(H,23,24). The fourth-order valence-corrected chi connectivity index (χ4v) is 3.01. The molecule has 2 aromatic heterocycles. The number of nitrogens with one attached hydrogen (secondary N) is 1. The first-order valence-corrected chi connectivity index (χ1v) is 8.58. The van der Waals surface area contributed by atoms with Crippen LogP contribution in [0.5, 0.6) is 0 Å². The zero-order valence-electron chi connectivity index (χ0n) is 14.3. The predicted octanol–water partition coefficient (Wildman–Crippen LogP) is 4.75. The van der Waals surface area contributed by atoms with Gasteiger partial charge < -0.3 is 9.55 Å². The molecule has 1 aromatic carbocycles. The van der Waals surface area contributed by atoms with Crippen LogP contribution in [0.1, 0.15) is 38.4 Å². The van der Waals surface area contributed by atoms with Gasteiger partial charge in [0.1, 0.15) is 28.8 Å². The molecule has 6 heteroatoms. The molecule has 0 unspecified atom stereocenters. The van der Waals surface area contributed by atoms with Crippen LogP contribution in [0.2, 0.25) is 0 Å². The molecule has 0 aliphatic heterocycles. The molecule has 0 saturated heterocycles. The summed E-state index contributed by atoms with van der Waals surface area (Å²) in [7, 11) is 0. The van der Waals surface area contributed by atoms with Crippen LogP contribution >= 0.6 is 0 Å². The SMILES string of the molecule is CC(C)Cn1cnc(-c2[nH]c(C3CC3)nc2-c2ccc(F)cc2F)c1. The lowest BCUT2D eigenvalue weighted by atomic mass is 10.1. The molecule has 25 heavy (non-hydrogen) atoms. The summed E-state index contributed by atoms with van der Waals surface area (Å²) in [5.74, 6) is 0.541. The van der Waals surface area contributed by atoms with Crippen molar-refractivity contribution < 1.29 is 8.78 Å². The molecule has 0 bridgehead atoms. The highest BCUT2D eigenvalue weighted by Crippen LogP contribution is 2.41. The predicted molar refractivity (Wildman–Crippen MR) is 92.0 cm³/mol. The van der Waals surface area contributed by atoms with Crippen LogP contribution in [0.3, 0.4) is 0 Å². The zero-order chi connectivity index (χ0) is 17.6. The summed E-state index contributed by atoms with van der Waals surface area (Å²) >= 11 is 0. The summed E-state index contributed by atoms with van der Waals surface area (Å²) in [6.07, 6.45) is 5.88. The number of aromatic amines is 1. The Morgan fingerprint density at radius 2 is 2.08 bits per heavy atom. The number of halogens is 2. The van der Waals surface area contributed by atoms with E-state index in [4.69, 9.17) is 0 Å². The van der Waals surface area contributed by atoms with Crippen molar-refractivity contribution in [1.82, 2.24) is 19.5 Å². The Bertz CT molecular complexity index is 906. The number of hydrogen-bond donors (Lipinski definition) is 1. The number of hydrogen-bond acceptors (Lipinski definition) is 2. The van der Waals surface area contributed by atoms with Crippen molar-refractivity contribution in [1.29, 1.82) is 0 Å². The second-order valence-electron chi connectivity index (χ2n) is 7.09. The lowest BCUT2D eigenvalue weighted by molar-refractivity contribution is 0.523. The number of nitrogens with zero attached hydrogens (tertiary/aromatic N) is 3. The van der Waals surface area contributed by atoms with Crippen LogP contribution in [0.25, 0.3) is 22.6 Å². The molecule has 1 saturated carbocycles. The smallest absolute Gasteiger partial charge is 0.135 e. The summed E-state index contributed by atoms with van der Waals surface area (Å²) < 4.78 is 29.6. The maximum atomic E-state index is 14.3. The van der Waals surface area contributed by atoms with Gasteiger partial charge in [0.2, 0.25) is 0 Å². The summed E-state index contributed by atoms with van der Waals surface area (Å²) in [5, 5.41) is 0. The van der Waals surface area contributed by atoms with E-state index >= 15 is 0 Å². The van der Waals surface area contributed by atoms with Crippen LogP contribution in [0, 0.1) is 17.6 Å². The molecule has 0 spiro atoms. The van der Waals surface area contributed by atoms with Crippen molar-refractivity contribution in [3.8, 4) is 22.6 Å². The van der Waals surface area contributed by atoms with Crippen LogP contribution < -0.4 is 0 Å². The third kappa shape index (κ3) is 3.21. The lowest BCUT2D eigenvalue weighted by Crippen LogP contribution is -2.01. The van der Waals surface area contributed by atoms with Gasteiger partial charge in [0.15, 0.2) is 0 Å². The van der Waals surface area contributed by atoms with E-state index in [1.807, 2.05) is 10.8 Å². The third-order valence-corrected chi connectivity index (χ3v) is 4.34. The normalized spacial score (nSPS) is 14.4. The van der Waals surface area contributed by atoms with Gasteiger partial charge in [-0.1, -0.05) is 13.8 Å². The molecule has 1 aliphatic rings. The first kappa shape index (κ1) is 16.0. The Morgan fingerprint density at radius 1 is 1.28 bits per heavy atom. The van der Waals surface area contributed by atoms with Gasteiger partial charge in [-0.25, -0.2) is 18.7 Å². The molecule has 1 aliphatic carbocycles. The molecular formula is C19H20F2N4. The van der Waals surface area contributed by atoms with E-state index in [0.717, 1.165) is 37.0 Å². The third-order valence-electron chi connectivity index (χ3n) is 4.34. The Morgan fingerprint density at radius 3 is 2.76 bits per heavy atom.